The molecule has 1 aliphatic rings. The number of nitrogens with one attached hydrogen (secondary N) is 1. The molecule has 2 unspecified atom stereocenters. The summed E-state index contributed by atoms with van der Waals surface area (Å²) in [5, 5.41) is 22.5. The molecule has 0 aliphatic carbocycles. The van der Waals surface area contributed by atoms with Gasteiger partial charge in [0, 0.05) is 19.6 Å². The molecule has 1 fully saturated rings. The van der Waals surface area contributed by atoms with Crippen molar-refractivity contribution in [1.82, 2.24) is 10.2 Å². The van der Waals surface area contributed by atoms with Crippen LogP contribution in [-0.2, 0) is 9.53 Å². The Kier molecular flexibility index (Phi) is 5.70. The molecule has 7 nitrogen and oxygen atoms in total. The highest BCUT2D eigenvalue weighted by atomic mass is 16.6. The summed E-state index contributed by atoms with van der Waals surface area (Å²) in [6, 6.07) is 0. The summed E-state index contributed by atoms with van der Waals surface area (Å²) in [7, 11) is 0. The number of carbonyl (C=O) groups excluding carboxylic acids is 1. The van der Waals surface area contributed by atoms with Crippen molar-refractivity contribution in [3.63, 3.8) is 0 Å². The SMILES string of the molecule is CC(C)C(C)(O)CN1CCC(NC(=O)OC(C)(C)C)(C(=O)O)C1. The number of carboxylic acid groups (broad SMARTS) is 1. The van der Waals surface area contributed by atoms with Gasteiger partial charge in [0.1, 0.15) is 5.60 Å². The Morgan fingerprint density at radius 3 is 2.30 bits per heavy atom. The maximum Gasteiger partial charge on any atom is 0.408 e. The van der Waals surface area contributed by atoms with Crippen LogP contribution in [0.15, 0.2) is 0 Å². The van der Waals surface area contributed by atoms with Crippen molar-refractivity contribution >= 4 is 12.1 Å². The van der Waals surface area contributed by atoms with Crippen LogP contribution in [0.2, 0.25) is 0 Å². The minimum Gasteiger partial charge on any atom is -0.479 e. The number of rotatable bonds is 5. The van der Waals surface area contributed by atoms with Gasteiger partial charge in [0.15, 0.2) is 5.54 Å². The van der Waals surface area contributed by atoms with E-state index in [1.54, 1.807) is 27.7 Å². The van der Waals surface area contributed by atoms with Crippen LogP contribution in [0.4, 0.5) is 4.79 Å². The number of β-amino-alcohol motifs (C(OH)–C–C–N with tert-alkyl or cyclic N) is 1. The Morgan fingerprint density at radius 1 is 1.30 bits per heavy atom. The van der Waals surface area contributed by atoms with Gasteiger partial charge in [0.25, 0.3) is 0 Å². The Hall–Kier alpha value is -1.34. The van der Waals surface area contributed by atoms with E-state index >= 15 is 0 Å². The van der Waals surface area contributed by atoms with E-state index in [0.717, 1.165) is 0 Å². The number of carboxylic acids is 1. The monoisotopic (exact) mass is 330 g/mol. The molecule has 3 N–H and O–H groups in total. The minimum atomic E-state index is -1.38. The van der Waals surface area contributed by atoms with E-state index in [1.165, 1.54) is 0 Å². The Bertz CT molecular complexity index is 456. The Morgan fingerprint density at radius 2 is 1.87 bits per heavy atom. The molecule has 1 heterocycles. The number of likely N-dealkylation sites (tertiary alicyclic amines) is 1. The van der Waals surface area contributed by atoms with Crippen molar-refractivity contribution < 1.29 is 24.5 Å². The van der Waals surface area contributed by atoms with Crippen LogP contribution in [0, 0.1) is 5.92 Å². The summed E-state index contributed by atoms with van der Waals surface area (Å²) in [5.41, 5.74) is -2.99. The van der Waals surface area contributed by atoms with E-state index in [4.69, 9.17) is 4.74 Å². The van der Waals surface area contributed by atoms with Gasteiger partial charge in [-0.3, -0.25) is 4.90 Å². The molecule has 0 saturated carbocycles. The first-order chi connectivity index (χ1) is 10.3. The number of aliphatic carboxylic acids is 1. The maximum absolute atomic E-state index is 12.0. The Balaban J connectivity index is 2.78. The molecule has 0 aromatic rings. The molecule has 1 rings (SSSR count). The molecule has 0 radical (unpaired) electrons. The molecular formula is C16H30N2O5. The lowest BCUT2D eigenvalue weighted by molar-refractivity contribution is -0.144. The normalized spacial score (nSPS) is 25.2. The molecule has 1 saturated heterocycles. The zero-order valence-corrected chi connectivity index (χ0v) is 15.0. The number of aliphatic hydroxyl groups is 1. The van der Waals surface area contributed by atoms with Crippen LogP contribution in [-0.4, -0.2) is 63.6 Å². The van der Waals surface area contributed by atoms with Gasteiger partial charge < -0.3 is 20.3 Å². The van der Waals surface area contributed by atoms with E-state index in [0.29, 0.717) is 13.1 Å². The first-order valence-corrected chi connectivity index (χ1v) is 7.97. The molecule has 2 atom stereocenters. The zero-order chi connectivity index (χ0) is 18.1. The molecule has 1 aliphatic heterocycles. The average molecular weight is 330 g/mol. The fourth-order valence-corrected chi connectivity index (χ4v) is 2.49. The van der Waals surface area contributed by atoms with Crippen LogP contribution in [0.3, 0.4) is 0 Å². The second-order valence-corrected chi connectivity index (χ2v) is 7.99. The van der Waals surface area contributed by atoms with Crippen LogP contribution in [0.25, 0.3) is 0 Å². The molecular weight excluding hydrogens is 300 g/mol. The van der Waals surface area contributed by atoms with E-state index in [9.17, 15) is 19.8 Å². The second-order valence-electron chi connectivity index (χ2n) is 7.99. The number of hydrogen-bond donors (Lipinski definition) is 3. The second kappa shape index (κ2) is 6.65. The number of ether oxygens (including phenoxy) is 1. The highest BCUT2D eigenvalue weighted by Gasteiger charge is 2.48. The molecule has 134 valence electrons. The van der Waals surface area contributed by atoms with Gasteiger partial charge in [-0.1, -0.05) is 13.8 Å². The fourth-order valence-electron chi connectivity index (χ4n) is 2.49. The van der Waals surface area contributed by atoms with Gasteiger partial charge in [0.2, 0.25) is 0 Å². The number of alkyl carbamates (subject to hydrolysis) is 1. The molecule has 0 bridgehead atoms. The maximum atomic E-state index is 12.0. The number of hydrogen-bond acceptors (Lipinski definition) is 5. The third-order valence-electron chi connectivity index (χ3n) is 4.29. The summed E-state index contributed by atoms with van der Waals surface area (Å²) in [6.07, 6.45) is -0.465. The molecule has 23 heavy (non-hydrogen) atoms. The van der Waals surface area contributed by atoms with Crippen molar-refractivity contribution in [2.45, 2.75) is 64.7 Å². The standard InChI is InChI=1S/C16H30N2O5/c1-11(2)15(6,22)9-18-8-7-16(10-18,12(19)20)17-13(21)23-14(3,4)5/h11,22H,7-10H2,1-6H3,(H,17,21)(H,19,20). The predicted octanol–water partition coefficient (Wildman–Crippen LogP) is 1.45. The smallest absolute Gasteiger partial charge is 0.408 e. The summed E-state index contributed by atoms with van der Waals surface area (Å²) < 4.78 is 5.17. The van der Waals surface area contributed by atoms with Gasteiger partial charge in [-0.25, -0.2) is 9.59 Å². The largest absolute Gasteiger partial charge is 0.479 e. The predicted molar refractivity (Wildman–Crippen MR) is 86.3 cm³/mol. The zero-order valence-electron chi connectivity index (χ0n) is 15.0. The number of amides is 1. The van der Waals surface area contributed by atoms with Gasteiger partial charge in [-0.2, -0.15) is 0 Å². The molecule has 0 aromatic carbocycles. The van der Waals surface area contributed by atoms with Gasteiger partial charge in [-0.15, -0.1) is 0 Å². The van der Waals surface area contributed by atoms with Crippen molar-refractivity contribution in [3.05, 3.63) is 0 Å². The lowest BCUT2D eigenvalue weighted by atomic mass is 9.92. The fraction of sp³-hybridized carbons (Fsp3) is 0.875. The summed E-state index contributed by atoms with van der Waals surface area (Å²) >= 11 is 0. The third kappa shape index (κ3) is 5.35. The Labute approximate surface area is 138 Å². The van der Waals surface area contributed by atoms with Crippen LogP contribution >= 0.6 is 0 Å². The van der Waals surface area contributed by atoms with Crippen LogP contribution in [0.5, 0.6) is 0 Å². The highest BCUT2D eigenvalue weighted by molar-refractivity contribution is 5.85. The summed E-state index contributed by atoms with van der Waals surface area (Å²) in [4.78, 5) is 25.5. The summed E-state index contributed by atoms with van der Waals surface area (Å²) in [6.45, 7) is 11.7. The van der Waals surface area contributed by atoms with E-state index in [1.807, 2.05) is 18.7 Å². The van der Waals surface area contributed by atoms with Gasteiger partial charge >= 0.3 is 12.1 Å². The topological polar surface area (TPSA) is 99.1 Å². The lowest BCUT2D eigenvalue weighted by Crippen LogP contribution is -2.57. The number of nitrogens with zero attached hydrogens (tertiary/aromatic N) is 1. The minimum absolute atomic E-state index is 0.0427. The first kappa shape index (κ1) is 19.7. The lowest BCUT2D eigenvalue weighted by Gasteiger charge is -2.33. The van der Waals surface area contributed by atoms with Crippen molar-refractivity contribution in [3.8, 4) is 0 Å². The van der Waals surface area contributed by atoms with Crippen LogP contribution in [0.1, 0.15) is 48.0 Å². The van der Waals surface area contributed by atoms with Crippen molar-refractivity contribution in [2.24, 2.45) is 5.92 Å². The van der Waals surface area contributed by atoms with Gasteiger partial charge in [-0.05, 0) is 40.0 Å². The molecule has 1 amide bonds. The highest BCUT2D eigenvalue weighted by Crippen LogP contribution is 2.26. The van der Waals surface area contributed by atoms with E-state index in [2.05, 4.69) is 5.32 Å². The molecule has 0 aromatic heterocycles. The third-order valence-corrected chi connectivity index (χ3v) is 4.29. The quantitative estimate of drug-likeness (QED) is 0.705. The molecule has 0 spiro atoms. The number of carbonyl (C=O) groups is 2. The summed E-state index contributed by atoms with van der Waals surface area (Å²) in [5.74, 6) is -1.05. The van der Waals surface area contributed by atoms with E-state index < -0.39 is 28.8 Å². The van der Waals surface area contributed by atoms with Crippen molar-refractivity contribution in [2.75, 3.05) is 19.6 Å². The average Bonchev–Trinajstić information content (AvgIpc) is 2.69. The van der Waals surface area contributed by atoms with Crippen molar-refractivity contribution in [1.29, 1.82) is 0 Å². The van der Waals surface area contributed by atoms with Crippen LogP contribution < -0.4 is 5.32 Å². The molecule has 7 heteroatoms. The van der Waals surface area contributed by atoms with E-state index in [-0.39, 0.29) is 18.9 Å². The van der Waals surface area contributed by atoms with Gasteiger partial charge in [0.05, 0.1) is 5.60 Å². The first-order valence-electron chi connectivity index (χ1n) is 7.97.